The van der Waals surface area contributed by atoms with Gasteiger partial charge in [0.1, 0.15) is 14.6 Å². The van der Waals surface area contributed by atoms with Crippen molar-refractivity contribution in [3.63, 3.8) is 0 Å². The molecule has 0 radical (unpaired) electrons. The Morgan fingerprint density at radius 3 is 2.52 bits per heavy atom. The monoisotopic (exact) mass is 453 g/mol. The lowest BCUT2D eigenvalue weighted by molar-refractivity contribution is -0.119. The summed E-state index contributed by atoms with van der Waals surface area (Å²) in [6.45, 7) is 3.34. The maximum absolute atomic E-state index is 12.2. The van der Waals surface area contributed by atoms with E-state index in [1.165, 1.54) is 22.7 Å². The number of aryl methyl sites for hydroxylation is 1. The number of rotatable bonds is 7. The average molecular weight is 454 g/mol. The Balaban J connectivity index is 1.56. The Morgan fingerprint density at radius 2 is 1.86 bits per heavy atom. The number of hydrogen-bond donors (Lipinski definition) is 1. The standard InChI is InChI=1S/C18H19N3O5S3/c1-5-25-17(24)14-9(2)6-13(29-14)19-12(22)8-26-16(23)11-7-10-15(27-11)20-18(28-10)21(3)4/h6-7H,5,8H2,1-4H3,(H,19,22). The van der Waals surface area contributed by atoms with Gasteiger partial charge in [-0.1, -0.05) is 11.3 Å². The Labute approximate surface area is 179 Å². The highest BCUT2D eigenvalue weighted by atomic mass is 32.1. The summed E-state index contributed by atoms with van der Waals surface area (Å²) in [5.74, 6) is -1.48. The number of amides is 1. The van der Waals surface area contributed by atoms with E-state index in [1.54, 1.807) is 26.0 Å². The van der Waals surface area contributed by atoms with Crippen LogP contribution in [-0.4, -0.2) is 50.1 Å². The molecule has 0 aliphatic rings. The first-order valence-electron chi connectivity index (χ1n) is 8.60. The lowest BCUT2D eigenvalue weighted by atomic mass is 10.3. The first-order valence-corrected chi connectivity index (χ1v) is 11.1. The fourth-order valence-electron chi connectivity index (χ4n) is 2.33. The second-order valence-electron chi connectivity index (χ2n) is 6.14. The number of carbonyl (C=O) groups excluding carboxylic acids is 3. The maximum Gasteiger partial charge on any atom is 0.348 e. The van der Waals surface area contributed by atoms with Gasteiger partial charge in [0.2, 0.25) is 0 Å². The van der Waals surface area contributed by atoms with Crippen LogP contribution < -0.4 is 10.2 Å². The summed E-state index contributed by atoms with van der Waals surface area (Å²) in [5, 5.41) is 3.98. The van der Waals surface area contributed by atoms with Crippen LogP contribution in [0.15, 0.2) is 12.1 Å². The molecule has 0 spiro atoms. The van der Waals surface area contributed by atoms with E-state index < -0.39 is 24.5 Å². The molecule has 0 saturated carbocycles. The van der Waals surface area contributed by atoms with Crippen LogP contribution in [0, 0.1) is 6.92 Å². The average Bonchev–Trinajstić information content (AvgIpc) is 3.32. The Kier molecular flexibility index (Phi) is 6.50. The highest BCUT2D eigenvalue weighted by molar-refractivity contribution is 7.29. The van der Waals surface area contributed by atoms with Crippen molar-refractivity contribution in [2.75, 3.05) is 37.5 Å². The van der Waals surface area contributed by atoms with Crippen LogP contribution in [0.1, 0.15) is 31.8 Å². The van der Waals surface area contributed by atoms with E-state index in [0.717, 1.165) is 26.0 Å². The van der Waals surface area contributed by atoms with Gasteiger partial charge in [-0.25, -0.2) is 14.6 Å². The number of thiazole rings is 1. The van der Waals surface area contributed by atoms with Gasteiger partial charge >= 0.3 is 11.9 Å². The van der Waals surface area contributed by atoms with Crippen LogP contribution in [0.2, 0.25) is 0 Å². The summed E-state index contributed by atoms with van der Waals surface area (Å²) in [7, 11) is 3.81. The molecule has 3 rings (SSSR count). The fourth-order valence-corrected chi connectivity index (χ4v) is 5.34. The van der Waals surface area contributed by atoms with Gasteiger partial charge in [-0.15, -0.1) is 22.7 Å². The van der Waals surface area contributed by atoms with Gasteiger partial charge in [0.25, 0.3) is 5.91 Å². The van der Waals surface area contributed by atoms with E-state index in [-0.39, 0.29) is 6.61 Å². The van der Waals surface area contributed by atoms with Crippen LogP contribution in [0.25, 0.3) is 9.53 Å². The van der Waals surface area contributed by atoms with E-state index in [2.05, 4.69) is 10.3 Å². The van der Waals surface area contributed by atoms with Gasteiger partial charge in [-0.05, 0) is 31.5 Å². The summed E-state index contributed by atoms with van der Waals surface area (Å²) in [6, 6.07) is 3.40. The molecule has 0 aliphatic heterocycles. The van der Waals surface area contributed by atoms with Gasteiger partial charge in [0.15, 0.2) is 11.7 Å². The van der Waals surface area contributed by atoms with Crippen LogP contribution in [0.4, 0.5) is 10.1 Å². The third-order valence-electron chi connectivity index (χ3n) is 3.64. The highest BCUT2D eigenvalue weighted by Crippen LogP contribution is 2.34. The molecule has 3 aromatic rings. The second kappa shape index (κ2) is 8.89. The molecular weight excluding hydrogens is 434 g/mol. The molecule has 1 amide bonds. The normalized spacial score (nSPS) is 10.8. The molecule has 3 heterocycles. The molecule has 1 N–H and O–H groups in total. The first-order chi connectivity index (χ1) is 13.8. The molecule has 11 heteroatoms. The first kappa shape index (κ1) is 21.2. The van der Waals surface area contributed by atoms with Crippen molar-refractivity contribution in [3.05, 3.63) is 27.5 Å². The molecule has 8 nitrogen and oxygen atoms in total. The number of anilines is 2. The molecule has 0 unspecified atom stereocenters. The van der Waals surface area contributed by atoms with Gasteiger partial charge in [-0.3, -0.25) is 4.79 Å². The van der Waals surface area contributed by atoms with E-state index in [0.29, 0.717) is 20.3 Å². The number of fused-ring (bicyclic) bond motifs is 1. The maximum atomic E-state index is 12.2. The number of nitrogens with zero attached hydrogens (tertiary/aromatic N) is 2. The number of aromatic nitrogens is 1. The van der Waals surface area contributed by atoms with E-state index >= 15 is 0 Å². The predicted molar refractivity (Wildman–Crippen MR) is 116 cm³/mol. The lowest BCUT2D eigenvalue weighted by Crippen LogP contribution is -2.20. The third kappa shape index (κ3) is 4.92. The molecule has 0 aromatic carbocycles. The summed E-state index contributed by atoms with van der Waals surface area (Å²) < 4.78 is 11.0. The predicted octanol–water partition coefficient (Wildman–Crippen LogP) is 3.77. The Hall–Kier alpha value is -2.50. The number of thiophene rings is 2. The highest BCUT2D eigenvalue weighted by Gasteiger charge is 2.19. The van der Waals surface area contributed by atoms with E-state index in [4.69, 9.17) is 9.47 Å². The van der Waals surface area contributed by atoms with Gasteiger partial charge in [-0.2, -0.15) is 0 Å². The third-order valence-corrected chi connectivity index (χ3v) is 7.08. The number of hydrogen-bond acceptors (Lipinski definition) is 10. The minimum Gasteiger partial charge on any atom is -0.462 e. The fraction of sp³-hybridized carbons (Fsp3) is 0.333. The van der Waals surface area contributed by atoms with Crippen molar-refractivity contribution >= 4 is 71.5 Å². The topological polar surface area (TPSA) is 97.8 Å². The van der Waals surface area contributed by atoms with Crippen molar-refractivity contribution in [1.82, 2.24) is 4.98 Å². The van der Waals surface area contributed by atoms with Crippen molar-refractivity contribution in [1.29, 1.82) is 0 Å². The number of nitrogens with one attached hydrogen (secondary N) is 1. The quantitative estimate of drug-likeness (QED) is 0.544. The van der Waals surface area contributed by atoms with Crippen molar-refractivity contribution in [2.45, 2.75) is 13.8 Å². The van der Waals surface area contributed by atoms with Crippen LogP contribution in [0.3, 0.4) is 0 Å². The molecule has 3 aromatic heterocycles. The van der Waals surface area contributed by atoms with Gasteiger partial charge < -0.3 is 19.7 Å². The number of carbonyl (C=O) groups is 3. The van der Waals surface area contributed by atoms with Crippen molar-refractivity contribution in [3.8, 4) is 0 Å². The summed E-state index contributed by atoms with van der Waals surface area (Å²) >= 11 is 3.83. The summed E-state index contributed by atoms with van der Waals surface area (Å²) in [5.41, 5.74) is 0.712. The van der Waals surface area contributed by atoms with Crippen LogP contribution >= 0.6 is 34.0 Å². The molecular formula is C18H19N3O5S3. The number of ether oxygens (including phenoxy) is 2. The zero-order valence-corrected chi connectivity index (χ0v) is 18.7. The van der Waals surface area contributed by atoms with E-state index in [9.17, 15) is 14.4 Å². The zero-order valence-electron chi connectivity index (χ0n) is 16.2. The molecule has 0 aliphatic carbocycles. The largest absolute Gasteiger partial charge is 0.462 e. The smallest absolute Gasteiger partial charge is 0.348 e. The minimum atomic E-state index is -0.573. The van der Waals surface area contributed by atoms with Crippen molar-refractivity contribution in [2.24, 2.45) is 0 Å². The van der Waals surface area contributed by atoms with Gasteiger partial charge in [0.05, 0.1) is 16.3 Å². The second-order valence-corrected chi connectivity index (χ2v) is 9.23. The van der Waals surface area contributed by atoms with Crippen LogP contribution in [-0.2, 0) is 14.3 Å². The summed E-state index contributed by atoms with van der Waals surface area (Å²) in [6.07, 6.45) is 0. The summed E-state index contributed by atoms with van der Waals surface area (Å²) in [4.78, 5) is 44.1. The molecule has 0 saturated heterocycles. The zero-order chi connectivity index (χ0) is 21.1. The molecule has 0 atom stereocenters. The number of esters is 2. The van der Waals surface area contributed by atoms with Crippen LogP contribution in [0.5, 0.6) is 0 Å². The minimum absolute atomic E-state index is 0.278. The van der Waals surface area contributed by atoms with E-state index in [1.807, 2.05) is 19.0 Å². The van der Waals surface area contributed by atoms with Crippen molar-refractivity contribution < 1.29 is 23.9 Å². The molecule has 0 fully saturated rings. The van der Waals surface area contributed by atoms with Gasteiger partial charge in [0, 0.05) is 14.1 Å². The Morgan fingerprint density at radius 1 is 1.10 bits per heavy atom. The molecule has 29 heavy (non-hydrogen) atoms. The lowest BCUT2D eigenvalue weighted by Gasteiger charge is -2.05. The Bertz CT molecular complexity index is 1030. The SMILES string of the molecule is CCOC(=O)c1sc(NC(=O)COC(=O)c2cc3sc(N(C)C)nc3s2)cc1C. The molecule has 0 bridgehead atoms. The molecule has 154 valence electrons.